The molecule has 0 saturated heterocycles. The molecule has 0 aliphatic rings. The van der Waals surface area contributed by atoms with Crippen molar-refractivity contribution in [2.24, 2.45) is 0 Å². The van der Waals surface area contributed by atoms with Gasteiger partial charge in [0.1, 0.15) is 11.2 Å². The van der Waals surface area contributed by atoms with Gasteiger partial charge in [-0.25, -0.2) is 0 Å². The Hall–Kier alpha value is -2.93. The number of hydrogen-bond donors (Lipinski definition) is 3. The summed E-state index contributed by atoms with van der Waals surface area (Å²) in [5.41, 5.74) is 4.27. The molecule has 1 atom stereocenters. The number of anilines is 2. The fourth-order valence-electron chi connectivity index (χ4n) is 3.02. The van der Waals surface area contributed by atoms with Crippen LogP contribution in [0.25, 0.3) is 22.0 Å². The number of aromatic amines is 1. The van der Waals surface area contributed by atoms with Gasteiger partial charge in [0.2, 0.25) is 0 Å². The van der Waals surface area contributed by atoms with Crippen molar-refractivity contribution >= 4 is 33.5 Å². The molecule has 7 nitrogen and oxygen atoms in total. The molecule has 0 saturated carbocycles. The maximum Gasteiger partial charge on any atom is 0.178 e. The molecule has 3 aromatic heterocycles. The lowest BCUT2D eigenvalue weighted by Crippen LogP contribution is -2.20. The van der Waals surface area contributed by atoms with Crippen LogP contribution in [0, 0.1) is 0 Å². The number of H-pyrrole nitrogens is 1. The highest BCUT2D eigenvalue weighted by Crippen LogP contribution is 2.28. The van der Waals surface area contributed by atoms with Gasteiger partial charge in [0.15, 0.2) is 11.4 Å². The number of aromatic nitrogens is 4. The van der Waals surface area contributed by atoms with E-state index >= 15 is 0 Å². The van der Waals surface area contributed by atoms with E-state index in [0.717, 1.165) is 46.3 Å². The number of hydrogen-bond acceptors (Lipinski definition) is 6. The molecule has 3 heterocycles. The monoisotopic (exact) mass is 350 g/mol. The fourth-order valence-corrected chi connectivity index (χ4v) is 3.02. The zero-order valence-corrected chi connectivity index (χ0v) is 14.9. The molecule has 0 bridgehead atoms. The van der Waals surface area contributed by atoms with Crippen LogP contribution in [0.1, 0.15) is 38.4 Å². The number of pyridine rings is 1. The lowest BCUT2D eigenvalue weighted by atomic mass is 10.1. The van der Waals surface area contributed by atoms with E-state index in [1.807, 2.05) is 30.3 Å². The smallest absolute Gasteiger partial charge is 0.178 e. The van der Waals surface area contributed by atoms with Crippen LogP contribution < -0.4 is 10.6 Å². The van der Waals surface area contributed by atoms with E-state index in [0.29, 0.717) is 5.82 Å². The van der Waals surface area contributed by atoms with Gasteiger partial charge in [0, 0.05) is 23.3 Å². The SMILES string of the molecule is CCCCNC(C)c1noc2cc(Nc3n[nH]c4cccnc34)ccc12. The Labute approximate surface area is 151 Å². The van der Waals surface area contributed by atoms with Gasteiger partial charge in [-0.1, -0.05) is 18.5 Å². The van der Waals surface area contributed by atoms with Crippen LogP contribution in [0.4, 0.5) is 11.5 Å². The third-order valence-corrected chi connectivity index (χ3v) is 4.47. The van der Waals surface area contributed by atoms with Gasteiger partial charge in [-0.2, -0.15) is 5.10 Å². The summed E-state index contributed by atoms with van der Waals surface area (Å²) in [7, 11) is 0. The second-order valence-electron chi connectivity index (χ2n) is 6.40. The molecule has 0 fully saturated rings. The summed E-state index contributed by atoms with van der Waals surface area (Å²) in [6.07, 6.45) is 4.08. The molecule has 1 aromatic carbocycles. The van der Waals surface area contributed by atoms with Crippen molar-refractivity contribution in [3.63, 3.8) is 0 Å². The number of fused-ring (bicyclic) bond motifs is 2. The lowest BCUT2D eigenvalue weighted by Gasteiger charge is -2.10. The van der Waals surface area contributed by atoms with Crippen LogP contribution in [0.3, 0.4) is 0 Å². The van der Waals surface area contributed by atoms with E-state index in [9.17, 15) is 0 Å². The molecule has 134 valence electrons. The summed E-state index contributed by atoms with van der Waals surface area (Å²) in [5, 5.41) is 19.3. The minimum Gasteiger partial charge on any atom is -0.356 e. The Kier molecular flexibility index (Phi) is 4.53. The van der Waals surface area contributed by atoms with Crippen LogP contribution in [0.15, 0.2) is 41.1 Å². The predicted molar refractivity (Wildman–Crippen MR) is 103 cm³/mol. The van der Waals surface area contributed by atoms with Gasteiger partial charge in [-0.05, 0) is 44.2 Å². The number of unbranched alkanes of at least 4 members (excludes halogenated alkanes) is 1. The topological polar surface area (TPSA) is 91.7 Å². The van der Waals surface area contributed by atoms with Gasteiger partial charge in [0.05, 0.1) is 11.6 Å². The molecule has 4 aromatic rings. The first-order chi connectivity index (χ1) is 12.8. The number of nitrogens with zero attached hydrogens (tertiary/aromatic N) is 3. The molecule has 4 rings (SSSR count). The second kappa shape index (κ2) is 7.13. The van der Waals surface area contributed by atoms with Crippen LogP contribution in [0.5, 0.6) is 0 Å². The average Bonchev–Trinajstić information content (AvgIpc) is 3.26. The molecule has 1 unspecified atom stereocenters. The van der Waals surface area contributed by atoms with Crippen molar-refractivity contribution in [2.75, 3.05) is 11.9 Å². The molecule has 26 heavy (non-hydrogen) atoms. The second-order valence-corrected chi connectivity index (χ2v) is 6.40. The normalized spacial score (nSPS) is 12.7. The highest BCUT2D eigenvalue weighted by molar-refractivity contribution is 5.89. The molecular weight excluding hydrogens is 328 g/mol. The molecule has 0 radical (unpaired) electrons. The first kappa shape index (κ1) is 16.5. The summed E-state index contributed by atoms with van der Waals surface area (Å²) in [6, 6.07) is 9.95. The largest absolute Gasteiger partial charge is 0.356 e. The number of nitrogens with one attached hydrogen (secondary N) is 3. The third-order valence-electron chi connectivity index (χ3n) is 4.47. The Morgan fingerprint density at radius 1 is 1.27 bits per heavy atom. The van der Waals surface area contributed by atoms with E-state index in [-0.39, 0.29) is 6.04 Å². The third kappa shape index (κ3) is 3.13. The maximum absolute atomic E-state index is 5.55. The van der Waals surface area contributed by atoms with E-state index in [1.54, 1.807) is 6.20 Å². The first-order valence-electron chi connectivity index (χ1n) is 8.95. The van der Waals surface area contributed by atoms with Gasteiger partial charge in [0.25, 0.3) is 0 Å². The van der Waals surface area contributed by atoms with Crippen LogP contribution in [-0.4, -0.2) is 26.9 Å². The summed E-state index contributed by atoms with van der Waals surface area (Å²) >= 11 is 0. The molecule has 7 heteroatoms. The van der Waals surface area contributed by atoms with E-state index in [4.69, 9.17) is 4.52 Å². The summed E-state index contributed by atoms with van der Waals surface area (Å²) < 4.78 is 5.55. The van der Waals surface area contributed by atoms with Crippen molar-refractivity contribution in [3.05, 3.63) is 42.2 Å². The number of benzene rings is 1. The highest BCUT2D eigenvalue weighted by atomic mass is 16.5. The van der Waals surface area contributed by atoms with E-state index in [1.165, 1.54) is 6.42 Å². The first-order valence-corrected chi connectivity index (χ1v) is 8.95. The van der Waals surface area contributed by atoms with Crippen molar-refractivity contribution in [2.45, 2.75) is 32.7 Å². The highest BCUT2D eigenvalue weighted by Gasteiger charge is 2.15. The lowest BCUT2D eigenvalue weighted by molar-refractivity contribution is 0.426. The molecule has 3 N–H and O–H groups in total. The number of rotatable bonds is 7. The zero-order valence-electron chi connectivity index (χ0n) is 14.9. The average molecular weight is 350 g/mol. The Balaban J connectivity index is 1.57. The molecule has 0 amide bonds. The minimum atomic E-state index is 0.154. The Bertz CT molecular complexity index is 1020. The van der Waals surface area contributed by atoms with Crippen molar-refractivity contribution < 1.29 is 4.52 Å². The van der Waals surface area contributed by atoms with E-state index in [2.05, 4.69) is 44.8 Å². The van der Waals surface area contributed by atoms with Crippen LogP contribution in [0.2, 0.25) is 0 Å². The minimum absolute atomic E-state index is 0.154. The standard InChI is InChI=1S/C19H22N6O/c1-3-4-9-20-12(2)17-14-8-7-13(11-16(14)26-25-17)22-19-18-15(23-24-19)6-5-10-21-18/h5-8,10-12,20H,3-4,9H2,1-2H3,(H2,22,23,24). The summed E-state index contributed by atoms with van der Waals surface area (Å²) in [6.45, 7) is 5.27. The molecule has 0 spiro atoms. The van der Waals surface area contributed by atoms with Gasteiger partial charge in [-0.3, -0.25) is 10.1 Å². The van der Waals surface area contributed by atoms with E-state index < -0.39 is 0 Å². The van der Waals surface area contributed by atoms with Gasteiger partial charge >= 0.3 is 0 Å². The van der Waals surface area contributed by atoms with Crippen molar-refractivity contribution in [3.8, 4) is 0 Å². The molecular formula is C19H22N6O. The Morgan fingerprint density at radius 3 is 3.08 bits per heavy atom. The molecule has 0 aliphatic heterocycles. The fraction of sp³-hybridized carbons (Fsp3) is 0.316. The van der Waals surface area contributed by atoms with Crippen molar-refractivity contribution in [1.29, 1.82) is 0 Å². The molecule has 0 aliphatic carbocycles. The van der Waals surface area contributed by atoms with Crippen LogP contribution >= 0.6 is 0 Å². The van der Waals surface area contributed by atoms with Gasteiger partial charge in [-0.15, -0.1) is 0 Å². The quantitative estimate of drug-likeness (QED) is 0.431. The summed E-state index contributed by atoms with van der Waals surface area (Å²) in [5.74, 6) is 0.689. The summed E-state index contributed by atoms with van der Waals surface area (Å²) in [4.78, 5) is 4.36. The predicted octanol–water partition coefficient (Wildman–Crippen LogP) is 4.29. The van der Waals surface area contributed by atoms with Gasteiger partial charge < -0.3 is 15.2 Å². The van der Waals surface area contributed by atoms with Crippen molar-refractivity contribution in [1.82, 2.24) is 25.7 Å². The van der Waals surface area contributed by atoms with Crippen LogP contribution in [-0.2, 0) is 0 Å². The zero-order chi connectivity index (χ0) is 17.9. The Morgan fingerprint density at radius 2 is 2.19 bits per heavy atom. The maximum atomic E-state index is 5.55.